The van der Waals surface area contributed by atoms with Crippen LogP contribution in [0.4, 0.5) is 0 Å². The predicted octanol–water partition coefficient (Wildman–Crippen LogP) is 2.55. The predicted molar refractivity (Wildman–Crippen MR) is 98.7 cm³/mol. The van der Waals surface area contributed by atoms with Gasteiger partial charge in [0.05, 0.1) is 6.10 Å². The van der Waals surface area contributed by atoms with Gasteiger partial charge in [-0.2, -0.15) is 0 Å². The topological polar surface area (TPSA) is 54.9 Å². The van der Waals surface area contributed by atoms with Crippen molar-refractivity contribution >= 4 is 29.9 Å². The van der Waals surface area contributed by atoms with Crippen LogP contribution in [-0.4, -0.2) is 51.5 Å². The van der Waals surface area contributed by atoms with Gasteiger partial charge >= 0.3 is 0 Å². The summed E-state index contributed by atoms with van der Waals surface area (Å²) in [4.78, 5) is 4.56. The van der Waals surface area contributed by atoms with E-state index in [0.717, 1.165) is 64.7 Å². The van der Waals surface area contributed by atoms with E-state index in [1.54, 1.807) is 0 Å². The highest BCUT2D eigenvalue weighted by atomic mass is 127. The summed E-state index contributed by atoms with van der Waals surface area (Å²) in [7, 11) is 0. The number of hydrogen-bond donors (Lipinski definition) is 2. The lowest BCUT2D eigenvalue weighted by atomic mass is 10.1. The maximum Gasteiger partial charge on any atom is 0.191 e. The molecule has 0 unspecified atom stereocenters. The molecule has 1 fully saturated rings. The Bertz CT molecular complexity index is 259. The first-order valence-corrected chi connectivity index (χ1v) is 8.08. The molecule has 0 amide bonds. The van der Waals surface area contributed by atoms with Gasteiger partial charge < -0.3 is 20.1 Å². The molecule has 21 heavy (non-hydrogen) atoms. The van der Waals surface area contributed by atoms with Crippen molar-refractivity contribution in [3.63, 3.8) is 0 Å². The molecule has 1 aliphatic heterocycles. The summed E-state index contributed by atoms with van der Waals surface area (Å²) in [6, 6.07) is 0. The molecule has 0 aliphatic carbocycles. The van der Waals surface area contributed by atoms with Gasteiger partial charge in [-0.05, 0) is 32.6 Å². The zero-order valence-electron chi connectivity index (χ0n) is 13.5. The fourth-order valence-corrected chi connectivity index (χ4v) is 2.07. The highest BCUT2D eigenvalue weighted by molar-refractivity contribution is 14.0. The number of halogens is 1. The molecule has 6 heteroatoms. The average molecular weight is 413 g/mol. The van der Waals surface area contributed by atoms with Crippen LogP contribution >= 0.6 is 24.0 Å². The molecule has 2 N–H and O–H groups in total. The van der Waals surface area contributed by atoms with Crippen LogP contribution in [0.3, 0.4) is 0 Å². The SMILES string of the molecule is CCCCNC(=NCCCOC1CCOCC1)NCC.I. The van der Waals surface area contributed by atoms with Crippen molar-refractivity contribution in [3.05, 3.63) is 0 Å². The maximum atomic E-state index is 5.83. The Hall–Kier alpha value is -0.0800. The van der Waals surface area contributed by atoms with Gasteiger partial charge in [0.1, 0.15) is 0 Å². The Balaban J connectivity index is 0.00000400. The van der Waals surface area contributed by atoms with Gasteiger partial charge in [-0.1, -0.05) is 13.3 Å². The molecule has 0 aromatic carbocycles. The monoisotopic (exact) mass is 413 g/mol. The molecule has 0 bridgehead atoms. The van der Waals surface area contributed by atoms with Gasteiger partial charge in [0.25, 0.3) is 0 Å². The Morgan fingerprint density at radius 3 is 2.62 bits per heavy atom. The third-order valence-electron chi connectivity index (χ3n) is 3.26. The smallest absolute Gasteiger partial charge is 0.191 e. The summed E-state index contributed by atoms with van der Waals surface area (Å²) < 4.78 is 11.1. The van der Waals surface area contributed by atoms with Crippen molar-refractivity contribution in [2.75, 3.05) is 39.5 Å². The van der Waals surface area contributed by atoms with E-state index in [4.69, 9.17) is 9.47 Å². The van der Waals surface area contributed by atoms with Crippen LogP contribution < -0.4 is 10.6 Å². The largest absolute Gasteiger partial charge is 0.381 e. The molecule has 0 spiro atoms. The lowest BCUT2D eigenvalue weighted by Gasteiger charge is -2.22. The lowest BCUT2D eigenvalue weighted by molar-refractivity contribution is -0.0318. The average Bonchev–Trinajstić information content (AvgIpc) is 2.48. The molecule has 0 atom stereocenters. The second-order valence-corrected chi connectivity index (χ2v) is 5.08. The van der Waals surface area contributed by atoms with Crippen LogP contribution in [0.1, 0.15) is 46.0 Å². The number of nitrogens with one attached hydrogen (secondary N) is 2. The number of aliphatic imine (C=N–C) groups is 1. The molecule has 0 radical (unpaired) electrons. The summed E-state index contributed by atoms with van der Waals surface area (Å²) in [6.45, 7) is 9.46. The van der Waals surface area contributed by atoms with Gasteiger partial charge in [0.15, 0.2) is 5.96 Å². The first-order valence-electron chi connectivity index (χ1n) is 8.08. The minimum Gasteiger partial charge on any atom is -0.381 e. The summed E-state index contributed by atoms with van der Waals surface area (Å²) >= 11 is 0. The molecule has 1 saturated heterocycles. The fraction of sp³-hybridized carbons (Fsp3) is 0.933. The number of unbranched alkanes of at least 4 members (excludes halogenated alkanes) is 1. The molecule has 126 valence electrons. The molecular formula is C15H32IN3O2. The van der Waals surface area contributed by atoms with Crippen molar-refractivity contribution in [1.29, 1.82) is 0 Å². The van der Waals surface area contributed by atoms with Crippen LogP contribution in [-0.2, 0) is 9.47 Å². The number of ether oxygens (including phenoxy) is 2. The Kier molecular flexibility index (Phi) is 14.8. The highest BCUT2D eigenvalue weighted by Gasteiger charge is 2.13. The van der Waals surface area contributed by atoms with Crippen LogP contribution in [0.5, 0.6) is 0 Å². The third kappa shape index (κ3) is 11.2. The second-order valence-electron chi connectivity index (χ2n) is 5.08. The van der Waals surface area contributed by atoms with Crippen LogP contribution in [0.2, 0.25) is 0 Å². The first-order chi connectivity index (χ1) is 9.86. The van der Waals surface area contributed by atoms with Crippen molar-refractivity contribution in [2.24, 2.45) is 4.99 Å². The van der Waals surface area contributed by atoms with E-state index in [1.165, 1.54) is 12.8 Å². The van der Waals surface area contributed by atoms with Crippen molar-refractivity contribution in [1.82, 2.24) is 10.6 Å². The maximum absolute atomic E-state index is 5.83. The summed E-state index contributed by atoms with van der Waals surface area (Å²) in [5.74, 6) is 0.923. The number of rotatable bonds is 9. The van der Waals surface area contributed by atoms with Gasteiger partial charge in [-0.25, -0.2) is 0 Å². The van der Waals surface area contributed by atoms with Gasteiger partial charge in [0, 0.05) is 39.5 Å². The second kappa shape index (κ2) is 14.8. The molecule has 1 rings (SSSR count). The molecule has 0 aromatic heterocycles. The van der Waals surface area contributed by atoms with Gasteiger partial charge in [-0.15, -0.1) is 24.0 Å². The highest BCUT2D eigenvalue weighted by Crippen LogP contribution is 2.10. The first kappa shape index (κ1) is 20.9. The van der Waals surface area contributed by atoms with E-state index in [1.807, 2.05) is 0 Å². The Morgan fingerprint density at radius 1 is 1.19 bits per heavy atom. The summed E-state index contributed by atoms with van der Waals surface area (Å²) in [5, 5.41) is 6.61. The molecule has 0 aromatic rings. The van der Waals surface area contributed by atoms with Crippen LogP contribution in [0, 0.1) is 0 Å². The van der Waals surface area contributed by atoms with Crippen LogP contribution in [0.25, 0.3) is 0 Å². The Morgan fingerprint density at radius 2 is 1.95 bits per heavy atom. The van der Waals surface area contributed by atoms with E-state index in [2.05, 4.69) is 29.5 Å². The van der Waals surface area contributed by atoms with E-state index < -0.39 is 0 Å². The molecule has 0 saturated carbocycles. The zero-order valence-corrected chi connectivity index (χ0v) is 15.9. The van der Waals surface area contributed by atoms with Crippen molar-refractivity contribution in [2.45, 2.75) is 52.1 Å². The summed E-state index contributed by atoms with van der Waals surface area (Å²) in [6.07, 6.45) is 5.81. The van der Waals surface area contributed by atoms with E-state index in [0.29, 0.717) is 6.10 Å². The van der Waals surface area contributed by atoms with E-state index in [9.17, 15) is 0 Å². The van der Waals surface area contributed by atoms with E-state index >= 15 is 0 Å². The normalized spacial score (nSPS) is 16.4. The van der Waals surface area contributed by atoms with E-state index in [-0.39, 0.29) is 24.0 Å². The van der Waals surface area contributed by atoms with Crippen LogP contribution in [0.15, 0.2) is 4.99 Å². The van der Waals surface area contributed by atoms with Gasteiger partial charge in [-0.3, -0.25) is 4.99 Å². The fourth-order valence-electron chi connectivity index (χ4n) is 2.07. The number of hydrogen-bond acceptors (Lipinski definition) is 3. The summed E-state index contributed by atoms with van der Waals surface area (Å²) in [5.41, 5.74) is 0. The number of guanidine groups is 1. The lowest BCUT2D eigenvalue weighted by Crippen LogP contribution is -2.37. The molecular weight excluding hydrogens is 381 g/mol. The minimum absolute atomic E-state index is 0. The Labute approximate surface area is 146 Å². The number of nitrogens with zero attached hydrogens (tertiary/aromatic N) is 1. The zero-order chi connectivity index (χ0) is 14.5. The molecule has 5 nitrogen and oxygen atoms in total. The third-order valence-corrected chi connectivity index (χ3v) is 3.26. The minimum atomic E-state index is 0. The van der Waals surface area contributed by atoms with Crippen molar-refractivity contribution < 1.29 is 9.47 Å². The van der Waals surface area contributed by atoms with Gasteiger partial charge in [0.2, 0.25) is 0 Å². The molecule has 1 aliphatic rings. The standard InChI is InChI=1S/C15H31N3O2.HI/c1-3-5-9-17-15(16-4-2)18-10-6-11-20-14-7-12-19-13-8-14;/h14H,3-13H2,1-2H3,(H2,16,17,18);1H. The quantitative estimate of drug-likeness (QED) is 0.264. The van der Waals surface area contributed by atoms with Crippen molar-refractivity contribution in [3.8, 4) is 0 Å². The molecule has 1 heterocycles.